The lowest BCUT2D eigenvalue weighted by molar-refractivity contribution is -0.0882. The number of hydrogen-bond donors (Lipinski definition) is 3. The maximum atomic E-state index is 13.7. The third-order valence-corrected chi connectivity index (χ3v) is 8.37. The molecule has 0 radical (unpaired) electrons. The highest BCUT2D eigenvalue weighted by atomic mass is 35.5. The highest BCUT2D eigenvalue weighted by molar-refractivity contribution is 7.70. The number of hydrazine groups is 1. The van der Waals surface area contributed by atoms with Crippen LogP contribution in [0.25, 0.3) is 0 Å². The number of nitrogens with one attached hydrogen (secondary N) is 2. The Balaban J connectivity index is 1.61. The van der Waals surface area contributed by atoms with Gasteiger partial charge in [-0.05, 0) is 38.0 Å². The summed E-state index contributed by atoms with van der Waals surface area (Å²) in [6, 6.07) is 6.57. The first-order valence-electron chi connectivity index (χ1n) is 10.2. The Bertz CT molecular complexity index is 961. The number of aliphatic imine (C=N–C) groups is 1. The average Bonchev–Trinajstić information content (AvgIpc) is 3.24. The van der Waals surface area contributed by atoms with Crippen molar-refractivity contribution in [3.63, 3.8) is 0 Å². The van der Waals surface area contributed by atoms with Crippen LogP contribution < -0.4 is 21.8 Å². The van der Waals surface area contributed by atoms with E-state index >= 15 is 0 Å². The fraction of sp³-hybridized carbons (Fsp3) is 0.550. The summed E-state index contributed by atoms with van der Waals surface area (Å²) in [6.45, 7) is 3.86. The zero-order chi connectivity index (χ0) is 22.6. The van der Waals surface area contributed by atoms with Crippen molar-refractivity contribution in [3.05, 3.63) is 41.2 Å². The van der Waals surface area contributed by atoms with Crippen LogP contribution in [0.15, 0.2) is 40.7 Å². The van der Waals surface area contributed by atoms with Gasteiger partial charge in [0.15, 0.2) is 0 Å². The molecule has 2 fully saturated rings. The standard InChI is InChI=1S/C20H26ClF3N5OP/c1-31(2,30)14-8-6-13(7-9-14)20(25)26-10-16(19(22,23)24)18(27-20)28-29-11-12-4-3-5-15(12)17(29)21/h6-10,12,15,17,27-28H,3-5,11,25H2,1-2H3. The van der Waals surface area contributed by atoms with Gasteiger partial charge in [0.05, 0.1) is 0 Å². The number of fused-ring (bicyclic) bond motifs is 1. The normalized spacial score (nSPS) is 31.6. The van der Waals surface area contributed by atoms with E-state index in [-0.39, 0.29) is 11.7 Å². The van der Waals surface area contributed by atoms with Gasteiger partial charge >= 0.3 is 6.18 Å². The lowest BCUT2D eigenvalue weighted by atomic mass is 10.0. The van der Waals surface area contributed by atoms with Crippen molar-refractivity contribution in [2.45, 2.75) is 36.7 Å². The van der Waals surface area contributed by atoms with Crippen LogP contribution in [-0.2, 0) is 10.4 Å². The fourth-order valence-corrected chi connectivity index (χ4v) is 5.86. The summed E-state index contributed by atoms with van der Waals surface area (Å²) in [5.41, 5.74) is 8.31. The molecule has 1 aliphatic carbocycles. The van der Waals surface area contributed by atoms with Crippen LogP contribution in [0.3, 0.4) is 0 Å². The molecule has 2 heterocycles. The molecule has 4 atom stereocenters. The highest BCUT2D eigenvalue weighted by Crippen LogP contribution is 2.43. The molecule has 31 heavy (non-hydrogen) atoms. The maximum absolute atomic E-state index is 13.7. The molecule has 0 amide bonds. The van der Waals surface area contributed by atoms with Crippen LogP contribution in [0.4, 0.5) is 13.2 Å². The topological polar surface area (TPSA) is 82.8 Å². The van der Waals surface area contributed by atoms with E-state index in [0.717, 1.165) is 25.5 Å². The zero-order valence-corrected chi connectivity index (χ0v) is 18.9. The van der Waals surface area contributed by atoms with Gasteiger partial charge in [-0.2, -0.15) is 13.2 Å². The van der Waals surface area contributed by atoms with Gasteiger partial charge in [-0.15, -0.1) is 11.6 Å². The number of rotatable bonds is 4. The first-order chi connectivity index (χ1) is 14.4. The van der Waals surface area contributed by atoms with E-state index in [0.29, 0.717) is 23.3 Å². The minimum Gasteiger partial charge on any atom is -0.330 e. The number of alkyl halides is 4. The lowest BCUT2D eigenvalue weighted by Gasteiger charge is -2.36. The van der Waals surface area contributed by atoms with Crippen molar-refractivity contribution in [1.29, 1.82) is 0 Å². The molecule has 0 bridgehead atoms. The van der Waals surface area contributed by atoms with Crippen LogP contribution >= 0.6 is 18.7 Å². The second-order valence-electron chi connectivity index (χ2n) is 8.83. The molecule has 1 saturated heterocycles. The molecule has 4 unspecified atom stereocenters. The van der Waals surface area contributed by atoms with E-state index in [2.05, 4.69) is 15.7 Å². The SMILES string of the molecule is CP(C)(=O)c1ccc(C2(N)N=CC(C(F)(F)F)=C(NN3CC4CCCC4C3Cl)N2)cc1. The fourth-order valence-electron chi connectivity index (χ4n) is 4.54. The summed E-state index contributed by atoms with van der Waals surface area (Å²) in [4.78, 5) is 3.98. The minimum absolute atomic E-state index is 0.260. The Hall–Kier alpha value is -1.54. The van der Waals surface area contributed by atoms with Crippen LogP contribution in [0.5, 0.6) is 0 Å². The number of allylic oxidation sites excluding steroid dienone is 1. The first-order valence-corrected chi connectivity index (χ1v) is 13.2. The van der Waals surface area contributed by atoms with Crippen molar-refractivity contribution in [2.75, 3.05) is 19.9 Å². The molecule has 6 nitrogen and oxygen atoms in total. The number of hydrogen-bond acceptors (Lipinski definition) is 6. The average molecular weight is 476 g/mol. The second kappa shape index (κ2) is 7.80. The Morgan fingerprint density at radius 2 is 1.97 bits per heavy atom. The van der Waals surface area contributed by atoms with E-state index in [1.54, 1.807) is 42.6 Å². The lowest BCUT2D eigenvalue weighted by Crippen LogP contribution is -2.57. The summed E-state index contributed by atoms with van der Waals surface area (Å²) in [5, 5.41) is 5.03. The number of benzene rings is 1. The Morgan fingerprint density at radius 1 is 1.29 bits per heavy atom. The van der Waals surface area contributed by atoms with Gasteiger partial charge in [-0.25, -0.2) is 10.0 Å². The second-order valence-corrected chi connectivity index (χ2v) is 12.5. The summed E-state index contributed by atoms with van der Waals surface area (Å²) >= 11 is 6.55. The summed E-state index contributed by atoms with van der Waals surface area (Å²) in [7, 11) is -2.47. The number of halogens is 4. The van der Waals surface area contributed by atoms with Gasteiger partial charge < -0.3 is 15.3 Å². The largest absolute Gasteiger partial charge is 0.421 e. The van der Waals surface area contributed by atoms with Gasteiger partial charge in [0, 0.05) is 23.6 Å². The van der Waals surface area contributed by atoms with Crippen LogP contribution in [0, 0.1) is 11.8 Å². The zero-order valence-electron chi connectivity index (χ0n) is 17.3. The van der Waals surface area contributed by atoms with E-state index in [9.17, 15) is 17.7 Å². The molecule has 11 heteroatoms. The van der Waals surface area contributed by atoms with Crippen molar-refractivity contribution in [2.24, 2.45) is 22.6 Å². The van der Waals surface area contributed by atoms with Gasteiger partial charge in [0.25, 0.3) is 0 Å². The highest BCUT2D eigenvalue weighted by Gasteiger charge is 2.46. The predicted molar refractivity (Wildman–Crippen MR) is 116 cm³/mol. The van der Waals surface area contributed by atoms with E-state index in [1.807, 2.05) is 0 Å². The molecule has 2 aliphatic heterocycles. The number of nitrogens with zero attached hydrogens (tertiary/aromatic N) is 2. The van der Waals surface area contributed by atoms with Crippen molar-refractivity contribution in [1.82, 2.24) is 15.8 Å². The molecule has 3 aliphatic rings. The van der Waals surface area contributed by atoms with Crippen molar-refractivity contribution >= 4 is 30.3 Å². The Kier molecular flexibility index (Phi) is 5.70. The molecule has 170 valence electrons. The molecule has 4 rings (SSSR count). The first kappa shape index (κ1) is 22.6. The van der Waals surface area contributed by atoms with E-state index in [4.69, 9.17) is 17.3 Å². The summed E-state index contributed by atoms with van der Waals surface area (Å²) < 4.78 is 53.3. The molecule has 1 saturated carbocycles. The predicted octanol–water partition coefficient (Wildman–Crippen LogP) is 3.25. The molecule has 1 aromatic carbocycles. The minimum atomic E-state index is -4.63. The molecular weight excluding hydrogens is 450 g/mol. The summed E-state index contributed by atoms with van der Waals surface area (Å²) in [6.07, 6.45) is -0.783. The number of nitrogens with two attached hydrogens (primary N) is 1. The van der Waals surface area contributed by atoms with Crippen molar-refractivity contribution in [3.8, 4) is 0 Å². The smallest absolute Gasteiger partial charge is 0.330 e. The quantitative estimate of drug-likeness (QED) is 0.354. The van der Waals surface area contributed by atoms with Gasteiger partial charge in [-0.3, -0.25) is 5.73 Å². The third kappa shape index (κ3) is 4.38. The van der Waals surface area contributed by atoms with Crippen molar-refractivity contribution < 1.29 is 17.7 Å². The molecule has 0 aromatic heterocycles. The van der Waals surface area contributed by atoms with Gasteiger partial charge in [-0.1, -0.05) is 30.7 Å². The van der Waals surface area contributed by atoms with E-state index in [1.165, 1.54) is 0 Å². The maximum Gasteiger partial charge on any atom is 0.421 e. The molecule has 4 N–H and O–H groups in total. The van der Waals surface area contributed by atoms with Gasteiger partial charge in [0.2, 0.25) is 5.79 Å². The van der Waals surface area contributed by atoms with Crippen LogP contribution in [0.1, 0.15) is 24.8 Å². The van der Waals surface area contributed by atoms with Crippen LogP contribution in [0.2, 0.25) is 0 Å². The third-order valence-electron chi connectivity index (χ3n) is 6.27. The Morgan fingerprint density at radius 3 is 2.55 bits per heavy atom. The van der Waals surface area contributed by atoms with E-state index < -0.39 is 30.2 Å². The summed E-state index contributed by atoms with van der Waals surface area (Å²) in [5.74, 6) is -1.26. The Labute approximate surface area is 184 Å². The molecule has 0 spiro atoms. The van der Waals surface area contributed by atoms with Gasteiger partial charge in [0.1, 0.15) is 24.0 Å². The monoisotopic (exact) mass is 475 g/mol. The molecule has 1 aromatic rings. The molecular formula is C20H26ClF3N5OP. The van der Waals surface area contributed by atoms with Crippen LogP contribution in [-0.4, -0.2) is 42.8 Å².